The standard InChI is InChI=1S/C12H10N2O2/c15-12-4-2-9-7-8(1-3-11(9)16-12)10-5-6-13-14-10/h1-7,10,13-14H. The summed E-state index contributed by atoms with van der Waals surface area (Å²) in [5.74, 6) is 0. The van der Waals surface area contributed by atoms with Gasteiger partial charge in [0.25, 0.3) is 0 Å². The van der Waals surface area contributed by atoms with Gasteiger partial charge in [0.05, 0.1) is 6.04 Å². The van der Waals surface area contributed by atoms with Gasteiger partial charge in [-0.3, -0.25) is 0 Å². The van der Waals surface area contributed by atoms with Crippen molar-refractivity contribution in [2.75, 3.05) is 0 Å². The monoisotopic (exact) mass is 214 g/mol. The molecule has 2 heterocycles. The fourth-order valence-electron chi connectivity index (χ4n) is 1.81. The third-order valence-electron chi connectivity index (χ3n) is 2.61. The lowest BCUT2D eigenvalue weighted by atomic mass is 10.1. The lowest BCUT2D eigenvalue weighted by molar-refractivity contribution is 0.560. The van der Waals surface area contributed by atoms with Crippen LogP contribution in [-0.2, 0) is 0 Å². The van der Waals surface area contributed by atoms with Crippen molar-refractivity contribution in [1.82, 2.24) is 10.9 Å². The maximum atomic E-state index is 11.0. The fraction of sp³-hybridized carbons (Fsp3) is 0.0833. The molecule has 0 amide bonds. The predicted molar refractivity (Wildman–Crippen MR) is 60.6 cm³/mol. The van der Waals surface area contributed by atoms with Crippen LogP contribution < -0.4 is 16.5 Å². The summed E-state index contributed by atoms with van der Waals surface area (Å²) >= 11 is 0. The molecule has 1 aliphatic heterocycles. The van der Waals surface area contributed by atoms with Crippen LogP contribution >= 0.6 is 0 Å². The predicted octanol–water partition coefficient (Wildman–Crippen LogP) is 1.46. The largest absolute Gasteiger partial charge is 0.423 e. The average molecular weight is 214 g/mol. The molecule has 1 atom stereocenters. The average Bonchev–Trinajstić information content (AvgIpc) is 2.82. The first-order chi connectivity index (χ1) is 7.83. The highest BCUT2D eigenvalue weighted by molar-refractivity contribution is 5.77. The lowest BCUT2D eigenvalue weighted by Crippen LogP contribution is -2.24. The number of rotatable bonds is 1. The minimum absolute atomic E-state index is 0.163. The van der Waals surface area contributed by atoms with E-state index in [4.69, 9.17) is 4.42 Å². The Labute approximate surface area is 91.5 Å². The summed E-state index contributed by atoms with van der Waals surface area (Å²) < 4.78 is 5.07. The van der Waals surface area contributed by atoms with Gasteiger partial charge in [0.1, 0.15) is 5.58 Å². The molecular formula is C12H10N2O2. The molecule has 1 unspecified atom stereocenters. The number of nitrogens with one attached hydrogen (secondary N) is 2. The maximum absolute atomic E-state index is 11.0. The number of hydrogen-bond acceptors (Lipinski definition) is 4. The molecule has 2 aromatic rings. The van der Waals surface area contributed by atoms with Crippen molar-refractivity contribution in [2.24, 2.45) is 0 Å². The summed E-state index contributed by atoms with van der Waals surface area (Å²) in [6, 6.07) is 9.14. The Balaban J connectivity index is 2.12. The minimum atomic E-state index is -0.319. The highest BCUT2D eigenvalue weighted by Gasteiger charge is 2.11. The SMILES string of the molecule is O=c1ccc2cc(C3C=CNN3)ccc2o1. The molecule has 16 heavy (non-hydrogen) atoms. The molecule has 0 saturated heterocycles. The summed E-state index contributed by atoms with van der Waals surface area (Å²) in [6.07, 6.45) is 3.89. The summed E-state index contributed by atoms with van der Waals surface area (Å²) in [5, 5.41) is 0.930. The quantitative estimate of drug-likeness (QED) is 0.705. The molecule has 1 aromatic heterocycles. The van der Waals surface area contributed by atoms with Crippen molar-refractivity contribution in [3.8, 4) is 0 Å². The molecule has 0 fully saturated rings. The van der Waals surface area contributed by atoms with E-state index in [2.05, 4.69) is 10.9 Å². The van der Waals surface area contributed by atoms with Gasteiger partial charge in [0.15, 0.2) is 0 Å². The molecule has 0 saturated carbocycles. The van der Waals surface area contributed by atoms with Crippen LogP contribution in [0, 0.1) is 0 Å². The summed E-state index contributed by atoms with van der Waals surface area (Å²) in [4.78, 5) is 11.0. The van der Waals surface area contributed by atoms with Crippen molar-refractivity contribution in [3.05, 3.63) is 58.6 Å². The molecule has 80 valence electrons. The van der Waals surface area contributed by atoms with Crippen LogP contribution in [0.4, 0.5) is 0 Å². The van der Waals surface area contributed by atoms with Crippen molar-refractivity contribution >= 4 is 11.0 Å². The van der Waals surface area contributed by atoms with Crippen LogP contribution in [0.1, 0.15) is 11.6 Å². The van der Waals surface area contributed by atoms with Gasteiger partial charge in [-0.05, 0) is 29.8 Å². The molecule has 4 nitrogen and oxygen atoms in total. The van der Waals surface area contributed by atoms with Gasteiger partial charge >= 0.3 is 5.63 Å². The summed E-state index contributed by atoms with van der Waals surface area (Å²) in [6.45, 7) is 0. The van der Waals surface area contributed by atoms with Crippen LogP contribution in [0.15, 0.2) is 51.8 Å². The Morgan fingerprint density at radius 2 is 2.12 bits per heavy atom. The normalized spacial score (nSPS) is 18.9. The van der Waals surface area contributed by atoms with Crippen molar-refractivity contribution in [2.45, 2.75) is 6.04 Å². The van der Waals surface area contributed by atoms with Gasteiger partial charge < -0.3 is 9.84 Å². The van der Waals surface area contributed by atoms with Crippen LogP contribution in [0.3, 0.4) is 0 Å². The number of benzene rings is 1. The van der Waals surface area contributed by atoms with E-state index >= 15 is 0 Å². The maximum Gasteiger partial charge on any atom is 0.336 e. The molecule has 1 aliphatic rings. The van der Waals surface area contributed by atoms with E-state index in [1.807, 2.05) is 30.5 Å². The van der Waals surface area contributed by atoms with Crippen LogP contribution in [-0.4, -0.2) is 0 Å². The van der Waals surface area contributed by atoms with Gasteiger partial charge in [-0.15, -0.1) is 0 Å². The smallest absolute Gasteiger partial charge is 0.336 e. The van der Waals surface area contributed by atoms with Gasteiger partial charge in [0, 0.05) is 17.7 Å². The van der Waals surface area contributed by atoms with Crippen molar-refractivity contribution < 1.29 is 4.42 Å². The number of fused-ring (bicyclic) bond motifs is 1. The van der Waals surface area contributed by atoms with E-state index in [-0.39, 0.29) is 11.7 Å². The molecule has 2 N–H and O–H groups in total. The van der Waals surface area contributed by atoms with Crippen LogP contribution in [0.2, 0.25) is 0 Å². The van der Waals surface area contributed by atoms with Gasteiger partial charge in [-0.2, -0.15) is 0 Å². The van der Waals surface area contributed by atoms with Crippen molar-refractivity contribution in [1.29, 1.82) is 0 Å². The second-order valence-electron chi connectivity index (χ2n) is 3.68. The molecule has 0 radical (unpaired) electrons. The molecule has 4 heteroatoms. The first-order valence-electron chi connectivity index (χ1n) is 5.04. The second kappa shape index (κ2) is 3.50. The first kappa shape index (κ1) is 9.18. The third kappa shape index (κ3) is 1.49. The topological polar surface area (TPSA) is 54.3 Å². The zero-order chi connectivity index (χ0) is 11.0. The van der Waals surface area contributed by atoms with E-state index in [1.54, 1.807) is 6.07 Å². The summed E-state index contributed by atoms with van der Waals surface area (Å²) in [5.41, 5.74) is 7.45. The Morgan fingerprint density at radius 1 is 1.19 bits per heavy atom. The van der Waals surface area contributed by atoms with Gasteiger partial charge in [0.2, 0.25) is 0 Å². The molecule has 1 aromatic carbocycles. The number of hydrogen-bond donors (Lipinski definition) is 2. The Hall–Kier alpha value is -2.07. The Morgan fingerprint density at radius 3 is 2.94 bits per heavy atom. The lowest BCUT2D eigenvalue weighted by Gasteiger charge is -2.09. The molecule has 0 aliphatic carbocycles. The van der Waals surface area contributed by atoms with E-state index in [1.165, 1.54) is 6.07 Å². The molecule has 0 spiro atoms. The zero-order valence-corrected chi connectivity index (χ0v) is 8.44. The van der Waals surface area contributed by atoms with E-state index in [0.29, 0.717) is 5.58 Å². The van der Waals surface area contributed by atoms with E-state index in [9.17, 15) is 4.79 Å². The van der Waals surface area contributed by atoms with Crippen LogP contribution in [0.25, 0.3) is 11.0 Å². The molecule has 3 rings (SSSR count). The van der Waals surface area contributed by atoms with E-state index in [0.717, 1.165) is 10.9 Å². The highest BCUT2D eigenvalue weighted by atomic mass is 16.4. The Bertz CT molecular complexity index is 616. The zero-order valence-electron chi connectivity index (χ0n) is 8.44. The van der Waals surface area contributed by atoms with Crippen LogP contribution in [0.5, 0.6) is 0 Å². The van der Waals surface area contributed by atoms with Gasteiger partial charge in [-0.25, -0.2) is 10.2 Å². The molecular weight excluding hydrogens is 204 g/mol. The third-order valence-corrected chi connectivity index (χ3v) is 2.61. The van der Waals surface area contributed by atoms with Crippen molar-refractivity contribution in [3.63, 3.8) is 0 Å². The number of hydrazine groups is 1. The van der Waals surface area contributed by atoms with Gasteiger partial charge in [-0.1, -0.05) is 6.07 Å². The minimum Gasteiger partial charge on any atom is -0.423 e. The van der Waals surface area contributed by atoms with E-state index < -0.39 is 0 Å². The second-order valence-corrected chi connectivity index (χ2v) is 3.68. The first-order valence-corrected chi connectivity index (χ1v) is 5.04. The summed E-state index contributed by atoms with van der Waals surface area (Å²) in [7, 11) is 0. The molecule has 0 bridgehead atoms. The fourth-order valence-corrected chi connectivity index (χ4v) is 1.81. The highest BCUT2D eigenvalue weighted by Crippen LogP contribution is 2.21. The Kier molecular flexibility index (Phi) is 2.01.